The van der Waals surface area contributed by atoms with Gasteiger partial charge in [0.2, 0.25) is 5.91 Å². The number of amides is 1. The number of hydrogen-bond donors (Lipinski definition) is 0. The van der Waals surface area contributed by atoms with Gasteiger partial charge in [-0.25, -0.2) is 0 Å². The fourth-order valence-corrected chi connectivity index (χ4v) is 3.32. The molecule has 3 rings (SSSR count). The Morgan fingerprint density at radius 2 is 1.72 bits per heavy atom. The number of benzene rings is 2. The Morgan fingerprint density at radius 3 is 2.40 bits per heavy atom. The van der Waals surface area contributed by atoms with Gasteiger partial charge in [-0.2, -0.15) is 0 Å². The monoisotopic (exact) mass is 337 g/mol. The molecule has 0 unspecified atom stereocenters. The molecule has 25 heavy (non-hydrogen) atoms. The highest BCUT2D eigenvalue weighted by Crippen LogP contribution is 2.31. The highest BCUT2D eigenvalue weighted by Gasteiger charge is 2.37. The summed E-state index contributed by atoms with van der Waals surface area (Å²) in [6.45, 7) is 8.20. The van der Waals surface area contributed by atoms with Crippen LogP contribution < -0.4 is 9.64 Å². The van der Waals surface area contributed by atoms with Crippen LogP contribution in [0.1, 0.15) is 28.7 Å². The molecule has 0 bridgehead atoms. The second-order valence-corrected chi connectivity index (χ2v) is 6.84. The number of para-hydroxylation sites is 1. The van der Waals surface area contributed by atoms with Crippen molar-refractivity contribution < 1.29 is 14.3 Å². The van der Waals surface area contributed by atoms with Crippen LogP contribution in [-0.4, -0.2) is 18.4 Å². The lowest BCUT2D eigenvalue weighted by molar-refractivity contribution is -0.139. The molecule has 0 spiro atoms. The first-order chi connectivity index (χ1) is 11.9. The van der Waals surface area contributed by atoms with Gasteiger partial charge in [-0.15, -0.1) is 0 Å². The maximum Gasteiger partial charge on any atom is 0.316 e. The minimum absolute atomic E-state index is 0.0275. The third kappa shape index (κ3) is 3.43. The summed E-state index contributed by atoms with van der Waals surface area (Å²) in [7, 11) is 0. The molecule has 1 heterocycles. The van der Waals surface area contributed by atoms with Gasteiger partial charge < -0.3 is 9.64 Å². The van der Waals surface area contributed by atoms with Crippen molar-refractivity contribution in [3.8, 4) is 5.75 Å². The molecule has 1 aliphatic rings. The first-order valence-corrected chi connectivity index (χ1v) is 8.52. The van der Waals surface area contributed by atoms with Crippen molar-refractivity contribution in [2.24, 2.45) is 5.92 Å². The molecule has 1 fully saturated rings. The summed E-state index contributed by atoms with van der Waals surface area (Å²) in [5.41, 5.74) is 4.94. The number of hydrogen-bond acceptors (Lipinski definition) is 3. The summed E-state index contributed by atoms with van der Waals surface area (Å²) >= 11 is 0. The Kier molecular flexibility index (Phi) is 4.62. The topological polar surface area (TPSA) is 46.6 Å². The first-order valence-electron chi connectivity index (χ1n) is 8.52. The van der Waals surface area contributed by atoms with Crippen molar-refractivity contribution >= 4 is 17.6 Å². The third-order valence-corrected chi connectivity index (χ3v) is 4.72. The van der Waals surface area contributed by atoms with Gasteiger partial charge in [0.25, 0.3) is 0 Å². The van der Waals surface area contributed by atoms with Crippen molar-refractivity contribution in [1.29, 1.82) is 0 Å². The normalized spacial score (nSPS) is 17.0. The van der Waals surface area contributed by atoms with E-state index in [1.165, 1.54) is 0 Å². The lowest BCUT2D eigenvalue weighted by atomic mass is 10.1. The molecule has 1 aliphatic heterocycles. The summed E-state index contributed by atoms with van der Waals surface area (Å²) in [5, 5.41) is 0. The minimum atomic E-state index is -0.439. The number of anilines is 1. The SMILES string of the molecule is Cc1ccc(C)c(OC(=O)[C@@H]2CC(=O)N(c3c(C)cccc3C)C2)c1. The van der Waals surface area contributed by atoms with Crippen LogP contribution in [-0.2, 0) is 9.59 Å². The number of aryl methyl sites for hydroxylation is 4. The van der Waals surface area contributed by atoms with Crippen LogP contribution in [0.4, 0.5) is 5.69 Å². The van der Waals surface area contributed by atoms with Crippen LogP contribution in [0, 0.1) is 33.6 Å². The van der Waals surface area contributed by atoms with Crippen molar-refractivity contribution in [2.45, 2.75) is 34.1 Å². The largest absolute Gasteiger partial charge is 0.426 e. The van der Waals surface area contributed by atoms with E-state index in [2.05, 4.69) is 0 Å². The molecule has 0 aliphatic carbocycles. The Labute approximate surface area is 148 Å². The Bertz CT molecular complexity index is 821. The molecule has 1 atom stereocenters. The quantitative estimate of drug-likeness (QED) is 0.631. The fraction of sp³-hybridized carbons (Fsp3) is 0.333. The molecule has 0 saturated carbocycles. The Hall–Kier alpha value is -2.62. The predicted molar refractivity (Wildman–Crippen MR) is 97.9 cm³/mol. The van der Waals surface area contributed by atoms with Gasteiger partial charge in [0.1, 0.15) is 5.75 Å². The lowest BCUT2D eigenvalue weighted by Crippen LogP contribution is -2.28. The molecule has 2 aromatic carbocycles. The maximum absolute atomic E-state index is 12.6. The van der Waals surface area contributed by atoms with Crippen LogP contribution in [0.15, 0.2) is 36.4 Å². The van der Waals surface area contributed by atoms with E-state index in [1.807, 2.05) is 64.1 Å². The van der Waals surface area contributed by atoms with Gasteiger partial charge >= 0.3 is 5.97 Å². The summed E-state index contributed by atoms with van der Waals surface area (Å²) in [4.78, 5) is 26.8. The van der Waals surface area contributed by atoms with Gasteiger partial charge in [0.05, 0.1) is 5.92 Å². The zero-order valence-electron chi connectivity index (χ0n) is 15.1. The molecule has 4 heteroatoms. The number of esters is 1. The average molecular weight is 337 g/mol. The van der Waals surface area contributed by atoms with Gasteiger partial charge in [-0.3, -0.25) is 9.59 Å². The van der Waals surface area contributed by atoms with Crippen molar-refractivity contribution in [3.05, 3.63) is 58.7 Å². The minimum Gasteiger partial charge on any atom is -0.426 e. The predicted octanol–water partition coefficient (Wildman–Crippen LogP) is 3.88. The van der Waals surface area contributed by atoms with E-state index in [9.17, 15) is 9.59 Å². The lowest BCUT2D eigenvalue weighted by Gasteiger charge is -2.21. The van der Waals surface area contributed by atoms with Crippen molar-refractivity contribution in [3.63, 3.8) is 0 Å². The third-order valence-electron chi connectivity index (χ3n) is 4.72. The molecule has 2 aromatic rings. The van der Waals surface area contributed by atoms with Crippen LogP contribution in [0.3, 0.4) is 0 Å². The molecule has 0 N–H and O–H groups in total. The Morgan fingerprint density at radius 1 is 1.04 bits per heavy atom. The standard InChI is InChI=1S/C21H23NO3/c1-13-8-9-14(2)18(10-13)25-21(24)17-11-19(23)22(12-17)20-15(3)6-5-7-16(20)4/h5-10,17H,11-12H2,1-4H3/t17-/m1/s1. The summed E-state index contributed by atoms with van der Waals surface area (Å²) in [6, 6.07) is 11.7. The van der Waals surface area contributed by atoms with E-state index < -0.39 is 5.92 Å². The van der Waals surface area contributed by atoms with Crippen molar-refractivity contribution in [1.82, 2.24) is 0 Å². The molecule has 130 valence electrons. The molecular weight excluding hydrogens is 314 g/mol. The average Bonchev–Trinajstić information content (AvgIpc) is 2.93. The number of nitrogens with zero attached hydrogens (tertiary/aromatic N) is 1. The van der Waals surface area contributed by atoms with E-state index in [1.54, 1.807) is 4.90 Å². The first kappa shape index (κ1) is 17.2. The number of carbonyl (C=O) groups excluding carboxylic acids is 2. The van der Waals surface area contributed by atoms with Crippen LogP contribution >= 0.6 is 0 Å². The highest BCUT2D eigenvalue weighted by molar-refractivity contribution is 6.00. The van der Waals surface area contributed by atoms with E-state index >= 15 is 0 Å². The number of rotatable bonds is 3. The van der Waals surface area contributed by atoms with Gasteiger partial charge in [0, 0.05) is 18.7 Å². The zero-order chi connectivity index (χ0) is 18.1. The van der Waals surface area contributed by atoms with Gasteiger partial charge in [0.15, 0.2) is 0 Å². The second kappa shape index (κ2) is 6.71. The van der Waals surface area contributed by atoms with Crippen LogP contribution in [0.25, 0.3) is 0 Å². The summed E-state index contributed by atoms with van der Waals surface area (Å²) in [5.74, 6) is -0.231. The Balaban J connectivity index is 1.78. The molecule has 1 saturated heterocycles. The highest BCUT2D eigenvalue weighted by atomic mass is 16.5. The molecule has 0 radical (unpaired) electrons. The van der Waals surface area contributed by atoms with E-state index in [0.717, 1.165) is 27.9 Å². The number of ether oxygens (including phenoxy) is 1. The van der Waals surface area contributed by atoms with Crippen LogP contribution in [0.5, 0.6) is 5.75 Å². The van der Waals surface area contributed by atoms with E-state index in [0.29, 0.717) is 12.3 Å². The molecular formula is C21H23NO3. The smallest absolute Gasteiger partial charge is 0.316 e. The second-order valence-electron chi connectivity index (χ2n) is 6.84. The molecule has 4 nitrogen and oxygen atoms in total. The van der Waals surface area contributed by atoms with E-state index in [4.69, 9.17) is 4.74 Å². The maximum atomic E-state index is 12.6. The zero-order valence-corrected chi connectivity index (χ0v) is 15.1. The fourth-order valence-electron chi connectivity index (χ4n) is 3.32. The summed E-state index contributed by atoms with van der Waals surface area (Å²) in [6.07, 6.45) is 0.192. The van der Waals surface area contributed by atoms with Crippen molar-refractivity contribution in [2.75, 3.05) is 11.4 Å². The summed E-state index contributed by atoms with van der Waals surface area (Å²) < 4.78 is 5.59. The molecule has 0 aromatic heterocycles. The van der Waals surface area contributed by atoms with Gasteiger partial charge in [-0.1, -0.05) is 30.3 Å². The van der Waals surface area contributed by atoms with E-state index in [-0.39, 0.29) is 18.3 Å². The number of carbonyl (C=O) groups is 2. The van der Waals surface area contributed by atoms with Gasteiger partial charge in [-0.05, 0) is 56.0 Å². The van der Waals surface area contributed by atoms with Crippen LogP contribution in [0.2, 0.25) is 0 Å². The molecule has 1 amide bonds.